The highest BCUT2D eigenvalue weighted by atomic mass is 16.2. The molecule has 2 aromatic heterocycles. The minimum absolute atomic E-state index is 0.0453. The monoisotopic (exact) mass is 439 g/mol. The Morgan fingerprint density at radius 1 is 0.909 bits per heavy atom. The lowest BCUT2D eigenvalue weighted by atomic mass is 9.72. The molecule has 0 radical (unpaired) electrons. The van der Waals surface area contributed by atoms with E-state index in [1.54, 1.807) is 24.3 Å². The standard InChI is InChI=1S/C26H25N5O2/c1-19(32)30-15-13-26(14-16-30,20-7-3-2-4-8-20)25(33)29-21-11-12-24(27-17-21)31-18-28-22-9-5-6-10-23(22)31/h2-12,17-18H,13-16H2,1H3,(H,29,33). The maximum atomic E-state index is 13.6. The number of fused-ring (bicyclic) bond motifs is 1. The zero-order valence-electron chi connectivity index (χ0n) is 18.4. The quantitative estimate of drug-likeness (QED) is 0.522. The van der Waals surface area contributed by atoms with Crippen molar-refractivity contribution in [1.82, 2.24) is 19.4 Å². The van der Waals surface area contributed by atoms with Crippen LogP contribution < -0.4 is 5.32 Å². The van der Waals surface area contributed by atoms with E-state index in [9.17, 15) is 9.59 Å². The third-order valence-electron chi connectivity index (χ3n) is 6.53. The van der Waals surface area contributed by atoms with Gasteiger partial charge in [0.15, 0.2) is 0 Å². The Bertz CT molecular complexity index is 1290. The van der Waals surface area contributed by atoms with Crippen LogP contribution in [0, 0.1) is 0 Å². The lowest BCUT2D eigenvalue weighted by molar-refractivity contribution is -0.133. The highest BCUT2D eigenvalue weighted by molar-refractivity contribution is 5.99. The van der Waals surface area contributed by atoms with Gasteiger partial charge < -0.3 is 10.2 Å². The molecule has 0 saturated carbocycles. The molecule has 1 aliphatic heterocycles. The first-order valence-corrected chi connectivity index (χ1v) is 11.1. The molecular formula is C26H25N5O2. The number of anilines is 1. The second-order valence-electron chi connectivity index (χ2n) is 8.42. The van der Waals surface area contributed by atoms with E-state index < -0.39 is 5.41 Å². The molecule has 7 heteroatoms. The average Bonchev–Trinajstić information content (AvgIpc) is 3.29. The molecule has 0 atom stereocenters. The summed E-state index contributed by atoms with van der Waals surface area (Å²) in [5.41, 5.74) is 2.80. The Kier molecular flexibility index (Phi) is 5.38. The van der Waals surface area contributed by atoms with Crippen LogP contribution in [0.3, 0.4) is 0 Å². The topological polar surface area (TPSA) is 80.1 Å². The number of amides is 2. The summed E-state index contributed by atoms with van der Waals surface area (Å²) in [6, 6.07) is 21.4. The van der Waals surface area contributed by atoms with Gasteiger partial charge in [0.25, 0.3) is 0 Å². The van der Waals surface area contributed by atoms with Gasteiger partial charge in [-0.15, -0.1) is 0 Å². The van der Waals surface area contributed by atoms with E-state index in [0.717, 1.165) is 22.4 Å². The van der Waals surface area contributed by atoms with Crippen molar-refractivity contribution >= 4 is 28.5 Å². The Labute approximate surface area is 192 Å². The van der Waals surface area contributed by atoms with E-state index in [-0.39, 0.29) is 11.8 Å². The minimum atomic E-state index is -0.688. The molecule has 1 fully saturated rings. The number of likely N-dealkylation sites (tertiary alicyclic amines) is 1. The van der Waals surface area contributed by atoms with Crippen molar-refractivity contribution in [2.75, 3.05) is 18.4 Å². The number of nitrogens with one attached hydrogen (secondary N) is 1. The van der Waals surface area contributed by atoms with Crippen molar-refractivity contribution in [1.29, 1.82) is 0 Å². The fraction of sp³-hybridized carbons (Fsp3) is 0.231. The zero-order valence-corrected chi connectivity index (χ0v) is 18.4. The largest absolute Gasteiger partial charge is 0.343 e. The highest BCUT2D eigenvalue weighted by Gasteiger charge is 2.43. The Morgan fingerprint density at radius 2 is 1.64 bits per heavy atom. The molecule has 166 valence electrons. The predicted molar refractivity (Wildman–Crippen MR) is 127 cm³/mol. The van der Waals surface area contributed by atoms with Crippen molar-refractivity contribution < 1.29 is 9.59 Å². The average molecular weight is 440 g/mol. The van der Waals surface area contributed by atoms with Crippen LogP contribution in [-0.4, -0.2) is 44.3 Å². The zero-order chi connectivity index (χ0) is 22.8. The smallest absolute Gasteiger partial charge is 0.235 e. The van der Waals surface area contributed by atoms with Crippen molar-refractivity contribution in [3.8, 4) is 5.82 Å². The second kappa shape index (κ2) is 8.50. The number of carbonyl (C=O) groups excluding carboxylic acids is 2. The lowest BCUT2D eigenvalue weighted by Crippen LogP contribution is -2.50. The first kappa shape index (κ1) is 20.9. The molecule has 0 bridgehead atoms. The molecule has 0 aliphatic carbocycles. The van der Waals surface area contributed by atoms with Crippen LogP contribution in [0.25, 0.3) is 16.9 Å². The number of rotatable bonds is 4. The summed E-state index contributed by atoms with van der Waals surface area (Å²) in [5.74, 6) is 0.706. The van der Waals surface area contributed by atoms with Crippen LogP contribution in [0.1, 0.15) is 25.3 Å². The number of pyridine rings is 1. The van der Waals surface area contributed by atoms with Crippen LogP contribution >= 0.6 is 0 Å². The van der Waals surface area contributed by atoms with Gasteiger partial charge in [0, 0.05) is 20.0 Å². The molecule has 3 heterocycles. The van der Waals surface area contributed by atoms with Crippen LogP contribution in [0.5, 0.6) is 0 Å². The van der Waals surface area contributed by atoms with Crippen molar-refractivity contribution in [3.63, 3.8) is 0 Å². The van der Waals surface area contributed by atoms with Gasteiger partial charge in [-0.1, -0.05) is 42.5 Å². The van der Waals surface area contributed by atoms with Crippen molar-refractivity contribution in [2.24, 2.45) is 0 Å². The number of nitrogens with zero attached hydrogens (tertiary/aromatic N) is 4. The van der Waals surface area contributed by atoms with Gasteiger partial charge in [0.2, 0.25) is 11.8 Å². The summed E-state index contributed by atoms with van der Waals surface area (Å²) in [6.45, 7) is 2.69. The van der Waals surface area contributed by atoms with Crippen LogP contribution in [-0.2, 0) is 15.0 Å². The molecule has 33 heavy (non-hydrogen) atoms. The van der Waals surface area contributed by atoms with Gasteiger partial charge in [-0.25, -0.2) is 9.97 Å². The first-order chi connectivity index (χ1) is 16.1. The third kappa shape index (κ3) is 3.86. The number of hydrogen-bond donors (Lipinski definition) is 1. The number of aromatic nitrogens is 3. The highest BCUT2D eigenvalue weighted by Crippen LogP contribution is 2.37. The number of benzene rings is 2. The van der Waals surface area contributed by atoms with Crippen LogP contribution in [0.2, 0.25) is 0 Å². The molecule has 7 nitrogen and oxygen atoms in total. The molecule has 0 unspecified atom stereocenters. The minimum Gasteiger partial charge on any atom is -0.343 e. The van der Waals surface area contributed by atoms with Gasteiger partial charge in [-0.2, -0.15) is 0 Å². The molecule has 5 rings (SSSR count). The fourth-order valence-electron chi connectivity index (χ4n) is 4.60. The molecule has 4 aromatic rings. The number of carbonyl (C=O) groups is 2. The van der Waals surface area contributed by atoms with Gasteiger partial charge in [0.05, 0.1) is 28.3 Å². The van der Waals surface area contributed by atoms with E-state index in [1.807, 2.05) is 71.3 Å². The maximum absolute atomic E-state index is 13.6. The lowest BCUT2D eigenvalue weighted by Gasteiger charge is -2.40. The molecule has 2 aromatic carbocycles. The van der Waals surface area contributed by atoms with E-state index in [4.69, 9.17) is 0 Å². The number of imidazole rings is 1. The Balaban J connectivity index is 1.39. The van der Waals surface area contributed by atoms with Crippen molar-refractivity contribution in [2.45, 2.75) is 25.2 Å². The Hall–Kier alpha value is -4.00. The number of hydrogen-bond acceptors (Lipinski definition) is 4. The van der Waals surface area contributed by atoms with E-state index in [0.29, 0.717) is 31.6 Å². The summed E-state index contributed by atoms with van der Waals surface area (Å²) in [4.78, 5) is 36.2. The first-order valence-electron chi connectivity index (χ1n) is 11.1. The van der Waals surface area contributed by atoms with E-state index >= 15 is 0 Å². The summed E-state index contributed by atoms with van der Waals surface area (Å²) < 4.78 is 1.92. The summed E-state index contributed by atoms with van der Waals surface area (Å²) in [5, 5.41) is 3.07. The van der Waals surface area contributed by atoms with Crippen LogP contribution in [0.4, 0.5) is 5.69 Å². The SMILES string of the molecule is CC(=O)N1CCC(C(=O)Nc2ccc(-n3cnc4ccccc43)nc2)(c2ccccc2)CC1. The summed E-state index contributed by atoms with van der Waals surface area (Å²) in [7, 11) is 0. The molecule has 1 aliphatic rings. The number of para-hydroxylation sites is 2. The summed E-state index contributed by atoms with van der Waals surface area (Å²) in [6.07, 6.45) is 4.58. The molecule has 2 amide bonds. The van der Waals surface area contributed by atoms with E-state index in [2.05, 4.69) is 15.3 Å². The maximum Gasteiger partial charge on any atom is 0.235 e. The molecule has 0 spiro atoms. The van der Waals surface area contributed by atoms with Crippen LogP contribution in [0.15, 0.2) is 79.3 Å². The Morgan fingerprint density at radius 3 is 2.33 bits per heavy atom. The third-order valence-corrected chi connectivity index (χ3v) is 6.53. The second-order valence-corrected chi connectivity index (χ2v) is 8.42. The van der Waals surface area contributed by atoms with E-state index in [1.165, 1.54) is 0 Å². The van der Waals surface area contributed by atoms with Gasteiger partial charge in [-0.3, -0.25) is 14.2 Å². The fourth-order valence-corrected chi connectivity index (χ4v) is 4.60. The predicted octanol–water partition coefficient (Wildman–Crippen LogP) is 3.94. The summed E-state index contributed by atoms with van der Waals surface area (Å²) >= 11 is 0. The number of piperidine rings is 1. The van der Waals surface area contributed by atoms with Gasteiger partial charge in [0.1, 0.15) is 12.1 Å². The van der Waals surface area contributed by atoms with Crippen molar-refractivity contribution in [3.05, 3.63) is 84.8 Å². The molecular weight excluding hydrogens is 414 g/mol. The molecule has 1 N–H and O–H groups in total. The van der Waals surface area contributed by atoms with Gasteiger partial charge in [-0.05, 0) is 42.7 Å². The molecule has 1 saturated heterocycles. The van der Waals surface area contributed by atoms with Gasteiger partial charge >= 0.3 is 0 Å². The normalized spacial score (nSPS) is 15.4.